The summed E-state index contributed by atoms with van der Waals surface area (Å²) in [6, 6.07) is 0. The monoisotopic (exact) mass is 682 g/mol. The molecule has 0 radical (unpaired) electrons. The molecule has 1 heterocycles. The second kappa shape index (κ2) is 11.9. The van der Waals surface area contributed by atoms with Gasteiger partial charge < -0.3 is 55.4 Å². The molecule has 12 heteroatoms. The van der Waals surface area contributed by atoms with Gasteiger partial charge in [0.1, 0.15) is 24.4 Å². The van der Waals surface area contributed by atoms with Gasteiger partial charge in [-0.1, -0.05) is 39.3 Å². The lowest BCUT2D eigenvalue weighted by Crippen LogP contribution is -2.70. The van der Waals surface area contributed by atoms with Crippen molar-refractivity contribution < 1.29 is 60.2 Å². The Balaban J connectivity index is 1.40. The maximum Gasteiger partial charge on any atom is 0.315 e. The van der Waals surface area contributed by atoms with Crippen LogP contribution >= 0.6 is 0 Å². The van der Waals surface area contributed by atoms with Crippen LogP contribution in [-0.2, 0) is 14.3 Å². The standard InChI is InChI=1S/C36H58O12/c1-18-8-11-35(30(45)48-29-26(43)25(42)24(41)21(15-37)47-29)13-12-32(3)19(27(35)34(18,5)46)6-7-22-31(2)14-20(40)28(44)36(16-38,17-39)23(31)9-10-33(22,32)4/h6,18,20-29,37-44,46H,7-17H2,1-5H3/t18-,20-,21+,22+,23+,24+,25-,26+,27-,28+,29-,31-,32-,33-,34-,35+/m1/s1. The Morgan fingerprint density at radius 3 is 2.19 bits per heavy atom. The number of hydrogen-bond donors (Lipinski definition) is 9. The summed E-state index contributed by atoms with van der Waals surface area (Å²) in [4.78, 5) is 14.5. The Labute approximate surface area is 282 Å². The van der Waals surface area contributed by atoms with E-state index in [-0.39, 0.29) is 23.2 Å². The molecule has 0 unspecified atom stereocenters. The molecule has 1 saturated heterocycles. The predicted molar refractivity (Wildman–Crippen MR) is 171 cm³/mol. The van der Waals surface area contributed by atoms with Crippen molar-refractivity contribution in [2.45, 2.75) is 135 Å². The van der Waals surface area contributed by atoms with E-state index >= 15 is 0 Å². The van der Waals surface area contributed by atoms with Gasteiger partial charge in [-0.2, -0.15) is 0 Å². The molecule has 6 aliphatic rings. The van der Waals surface area contributed by atoms with E-state index in [1.54, 1.807) is 6.92 Å². The van der Waals surface area contributed by atoms with Gasteiger partial charge in [0.05, 0.1) is 43.0 Å². The van der Waals surface area contributed by atoms with Gasteiger partial charge in [-0.3, -0.25) is 4.79 Å². The molecule has 274 valence electrons. The number of ether oxygens (including phenoxy) is 2. The topological polar surface area (TPSA) is 218 Å². The number of hydrogen-bond acceptors (Lipinski definition) is 12. The third-order valence-electron chi connectivity index (χ3n) is 15.7. The molecule has 12 nitrogen and oxygen atoms in total. The Morgan fingerprint density at radius 1 is 0.896 bits per heavy atom. The van der Waals surface area contributed by atoms with E-state index in [4.69, 9.17) is 9.47 Å². The highest BCUT2D eigenvalue weighted by molar-refractivity contribution is 5.79. The van der Waals surface area contributed by atoms with Crippen molar-refractivity contribution in [2.24, 2.45) is 50.7 Å². The summed E-state index contributed by atoms with van der Waals surface area (Å²) < 4.78 is 11.4. The van der Waals surface area contributed by atoms with E-state index in [0.29, 0.717) is 44.9 Å². The summed E-state index contributed by atoms with van der Waals surface area (Å²) in [5.41, 5.74) is -4.09. The molecule has 48 heavy (non-hydrogen) atoms. The normalized spacial score (nSPS) is 54.5. The predicted octanol–water partition coefficient (Wildman–Crippen LogP) is 0.379. The zero-order chi connectivity index (χ0) is 35.4. The lowest BCUT2D eigenvalue weighted by atomic mass is 9.32. The van der Waals surface area contributed by atoms with Gasteiger partial charge in [-0.25, -0.2) is 0 Å². The first-order valence-electron chi connectivity index (χ1n) is 17.9. The quantitative estimate of drug-likeness (QED) is 0.142. The first-order chi connectivity index (χ1) is 22.4. The van der Waals surface area contributed by atoms with Crippen molar-refractivity contribution in [2.75, 3.05) is 19.8 Å². The van der Waals surface area contributed by atoms with Crippen LogP contribution in [0.1, 0.15) is 86.0 Å². The minimum atomic E-state index is -1.74. The molecule has 1 aliphatic heterocycles. The van der Waals surface area contributed by atoms with E-state index in [2.05, 4.69) is 26.8 Å². The van der Waals surface area contributed by atoms with Crippen LogP contribution in [-0.4, -0.2) is 120 Å². The highest BCUT2D eigenvalue weighted by Gasteiger charge is 2.73. The number of fused-ring (bicyclic) bond motifs is 7. The van der Waals surface area contributed by atoms with E-state index in [0.717, 1.165) is 12.0 Å². The largest absolute Gasteiger partial charge is 0.432 e. The number of carbonyl (C=O) groups is 1. The molecule has 5 fully saturated rings. The van der Waals surface area contributed by atoms with E-state index in [9.17, 15) is 50.8 Å². The van der Waals surface area contributed by atoms with Gasteiger partial charge in [-0.05, 0) is 92.3 Å². The van der Waals surface area contributed by atoms with Crippen LogP contribution in [0.25, 0.3) is 0 Å². The van der Waals surface area contributed by atoms with Gasteiger partial charge in [0.15, 0.2) is 0 Å². The van der Waals surface area contributed by atoms with Crippen molar-refractivity contribution >= 4 is 5.97 Å². The first kappa shape index (κ1) is 36.6. The first-order valence-corrected chi connectivity index (χ1v) is 17.9. The summed E-state index contributed by atoms with van der Waals surface area (Å²) in [5.74, 6) is -1.67. The highest BCUT2D eigenvalue weighted by Crippen LogP contribution is 2.76. The van der Waals surface area contributed by atoms with Crippen LogP contribution in [0, 0.1) is 50.7 Å². The molecule has 0 spiro atoms. The van der Waals surface area contributed by atoms with Crippen molar-refractivity contribution in [3.63, 3.8) is 0 Å². The fourth-order valence-electron chi connectivity index (χ4n) is 12.4. The maximum atomic E-state index is 14.5. The van der Waals surface area contributed by atoms with Gasteiger partial charge in [0.25, 0.3) is 0 Å². The number of carbonyl (C=O) groups excluding carboxylic acids is 1. The van der Waals surface area contributed by atoms with Crippen molar-refractivity contribution in [1.29, 1.82) is 0 Å². The third-order valence-corrected chi connectivity index (χ3v) is 15.7. The van der Waals surface area contributed by atoms with Crippen LogP contribution < -0.4 is 0 Å². The van der Waals surface area contributed by atoms with Gasteiger partial charge >= 0.3 is 5.97 Å². The lowest BCUT2D eigenvalue weighted by Gasteiger charge is -2.72. The SMILES string of the molecule is C[C@@H]1CC[C@]2(C(=O)O[C@H]3O[C@@H](CO)[C@H](O)[C@@H](O)[C@@H]3O)CC[C@]3(C)C(=CC[C@H]4[C@@]5(C)C[C@@H](O)[C@H](O)C(CO)(CO)[C@H]5CC[C@]43C)[C@@H]2[C@]1(C)O. The van der Waals surface area contributed by atoms with Crippen molar-refractivity contribution in [3.05, 3.63) is 11.6 Å². The molecule has 9 N–H and O–H groups in total. The molecule has 0 aromatic heterocycles. The number of aliphatic hydroxyl groups excluding tert-OH is 8. The minimum absolute atomic E-state index is 0.0108. The van der Waals surface area contributed by atoms with Gasteiger partial charge in [0, 0.05) is 11.3 Å². The number of allylic oxidation sites excluding steroid dienone is 1. The van der Waals surface area contributed by atoms with Crippen LogP contribution in [0.5, 0.6) is 0 Å². The molecule has 0 aromatic rings. The van der Waals surface area contributed by atoms with Crippen molar-refractivity contribution in [1.82, 2.24) is 0 Å². The lowest BCUT2D eigenvalue weighted by molar-refractivity contribution is -0.299. The third kappa shape index (κ3) is 4.60. The van der Waals surface area contributed by atoms with E-state index in [1.165, 1.54) is 0 Å². The fourth-order valence-corrected chi connectivity index (χ4v) is 12.4. The van der Waals surface area contributed by atoms with E-state index in [1.807, 2.05) is 6.92 Å². The van der Waals surface area contributed by atoms with Gasteiger partial charge in [-0.15, -0.1) is 0 Å². The van der Waals surface area contributed by atoms with Gasteiger partial charge in [0.2, 0.25) is 6.29 Å². The molecule has 6 rings (SSSR count). The Hall–Kier alpha value is -1.19. The molecular formula is C36H58O12. The Kier molecular flexibility index (Phi) is 9.10. The maximum absolute atomic E-state index is 14.5. The zero-order valence-electron chi connectivity index (χ0n) is 29.0. The second-order valence-electron chi connectivity index (χ2n) is 17.4. The highest BCUT2D eigenvalue weighted by atomic mass is 16.7. The minimum Gasteiger partial charge on any atom is -0.432 e. The summed E-state index contributed by atoms with van der Waals surface area (Å²) >= 11 is 0. The van der Waals surface area contributed by atoms with Crippen LogP contribution in [0.15, 0.2) is 11.6 Å². The molecule has 0 aromatic carbocycles. The summed E-state index contributed by atoms with van der Waals surface area (Å²) in [6.45, 7) is 8.85. The molecule has 5 aliphatic carbocycles. The zero-order valence-corrected chi connectivity index (χ0v) is 29.0. The molecular weight excluding hydrogens is 624 g/mol. The van der Waals surface area contributed by atoms with Crippen LogP contribution in [0.2, 0.25) is 0 Å². The number of aliphatic hydroxyl groups is 9. The fraction of sp³-hybridized carbons (Fsp3) is 0.917. The second-order valence-corrected chi connectivity index (χ2v) is 17.4. The number of rotatable bonds is 5. The summed E-state index contributed by atoms with van der Waals surface area (Å²) in [6.07, 6.45) is -3.85. The average Bonchev–Trinajstić information content (AvgIpc) is 3.04. The van der Waals surface area contributed by atoms with Crippen LogP contribution in [0.3, 0.4) is 0 Å². The summed E-state index contributed by atoms with van der Waals surface area (Å²) in [7, 11) is 0. The summed E-state index contributed by atoms with van der Waals surface area (Å²) in [5, 5.41) is 96.9. The molecule has 16 atom stereocenters. The van der Waals surface area contributed by atoms with Crippen LogP contribution in [0.4, 0.5) is 0 Å². The molecule has 0 amide bonds. The molecule has 4 saturated carbocycles. The smallest absolute Gasteiger partial charge is 0.315 e. The Morgan fingerprint density at radius 2 is 1.56 bits per heavy atom. The number of esters is 1. The van der Waals surface area contributed by atoms with Crippen molar-refractivity contribution in [3.8, 4) is 0 Å². The van der Waals surface area contributed by atoms with E-state index < -0.39 is 102 Å². The molecule has 0 bridgehead atoms. The Bertz CT molecular complexity index is 1280. The average molecular weight is 683 g/mol.